The summed E-state index contributed by atoms with van der Waals surface area (Å²) in [6, 6.07) is 4.23. The van der Waals surface area contributed by atoms with Gasteiger partial charge < -0.3 is 20.7 Å². The summed E-state index contributed by atoms with van der Waals surface area (Å²) in [4.78, 5) is 27.1. The van der Waals surface area contributed by atoms with Crippen LogP contribution in [0.15, 0.2) is 24.3 Å². The van der Waals surface area contributed by atoms with E-state index >= 15 is 0 Å². The molecule has 3 rings (SSSR count). The smallest absolute Gasteiger partial charge is 0.268 e. The number of fused-ring (bicyclic) bond motifs is 3. The molecule has 0 saturated carbocycles. The maximum atomic E-state index is 13.6. The highest BCUT2D eigenvalue weighted by Crippen LogP contribution is 2.32. The summed E-state index contributed by atoms with van der Waals surface area (Å²) in [6.07, 6.45) is 1.85. The van der Waals surface area contributed by atoms with Crippen LogP contribution in [0.4, 0.5) is 4.39 Å². The number of hydrogen-bond acceptors (Lipinski definition) is 3. The Kier molecular flexibility index (Phi) is 4.12. The lowest BCUT2D eigenvalue weighted by atomic mass is 9.99. The number of hydrogen-bond donors (Lipinski definition) is 4. The Bertz CT molecular complexity index is 810. The van der Waals surface area contributed by atoms with Gasteiger partial charge in [0, 0.05) is 35.6 Å². The zero-order valence-electron chi connectivity index (χ0n) is 12.3. The molecule has 0 atom stereocenters. The van der Waals surface area contributed by atoms with Crippen molar-refractivity contribution in [3.8, 4) is 0 Å². The van der Waals surface area contributed by atoms with E-state index < -0.39 is 5.82 Å². The number of aromatic amines is 1. The molecule has 0 bridgehead atoms. The first kappa shape index (κ1) is 15.2. The van der Waals surface area contributed by atoms with Crippen molar-refractivity contribution in [2.24, 2.45) is 0 Å². The van der Waals surface area contributed by atoms with Crippen molar-refractivity contribution in [3.05, 3.63) is 41.3 Å². The number of carbonyl (C=O) groups excluding carboxylic acids is 2. The number of amides is 2. The van der Waals surface area contributed by atoms with Gasteiger partial charge in [0.25, 0.3) is 5.91 Å². The topological polar surface area (TPSA) is 94.2 Å². The molecule has 23 heavy (non-hydrogen) atoms. The fourth-order valence-corrected chi connectivity index (χ4v) is 2.72. The summed E-state index contributed by atoms with van der Waals surface area (Å²) in [5, 5.41) is 14.6. The summed E-state index contributed by atoms with van der Waals surface area (Å²) in [5.41, 5.74) is 2.15. The van der Waals surface area contributed by atoms with Gasteiger partial charge in [-0.3, -0.25) is 9.59 Å². The van der Waals surface area contributed by atoms with Crippen LogP contribution in [0.5, 0.6) is 0 Å². The average Bonchev–Trinajstić information content (AvgIpc) is 2.83. The molecule has 1 aliphatic rings. The van der Waals surface area contributed by atoms with Crippen LogP contribution in [-0.2, 0) is 4.79 Å². The number of benzene rings is 1. The molecule has 120 valence electrons. The lowest BCUT2D eigenvalue weighted by Gasteiger charge is -2.05. The van der Waals surface area contributed by atoms with Gasteiger partial charge in [0.1, 0.15) is 11.5 Å². The molecule has 0 spiro atoms. The van der Waals surface area contributed by atoms with E-state index in [0.29, 0.717) is 40.7 Å². The van der Waals surface area contributed by atoms with Crippen molar-refractivity contribution in [1.82, 2.24) is 15.6 Å². The molecule has 0 saturated heterocycles. The van der Waals surface area contributed by atoms with E-state index in [2.05, 4.69) is 15.6 Å². The van der Waals surface area contributed by atoms with Crippen molar-refractivity contribution >= 4 is 28.3 Å². The van der Waals surface area contributed by atoms with Crippen LogP contribution in [0.3, 0.4) is 0 Å². The van der Waals surface area contributed by atoms with Crippen LogP contribution in [0, 0.1) is 5.82 Å². The molecule has 1 aromatic heterocycles. The maximum absolute atomic E-state index is 13.6. The fourth-order valence-electron chi connectivity index (χ4n) is 2.72. The fraction of sp³-hybridized carbons (Fsp3) is 0.250. The molecule has 4 N–H and O–H groups in total. The summed E-state index contributed by atoms with van der Waals surface area (Å²) in [5.74, 6) is -1.05. The number of aliphatic hydroxyl groups excluding tert-OH is 1. The highest BCUT2D eigenvalue weighted by molar-refractivity contribution is 6.10. The number of carbonyl (C=O) groups is 2. The van der Waals surface area contributed by atoms with Crippen molar-refractivity contribution in [2.75, 3.05) is 19.7 Å². The van der Waals surface area contributed by atoms with Crippen LogP contribution in [-0.4, -0.2) is 41.6 Å². The predicted octanol–water partition coefficient (Wildman–Crippen LogP) is 0.932. The molecule has 1 aromatic carbocycles. The Morgan fingerprint density at radius 3 is 3.04 bits per heavy atom. The SMILES string of the molecule is O=C(/C=C1\CCNC(=O)c2[nH]c3ccc(F)cc3c21)NCCO. The monoisotopic (exact) mass is 317 g/mol. The van der Waals surface area contributed by atoms with E-state index in [4.69, 9.17) is 5.11 Å². The zero-order chi connectivity index (χ0) is 16.4. The van der Waals surface area contributed by atoms with Gasteiger partial charge in [0.2, 0.25) is 5.91 Å². The normalized spacial score (nSPS) is 16.1. The van der Waals surface area contributed by atoms with Crippen LogP contribution >= 0.6 is 0 Å². The Morgan fingerprint density at radius 2 is 2.26 bits per heavy atom. The quantitative estimate of drug-likeness (QED) is 0.634. The maximum Gasteiger partial charge on any atom is 0.268 e. The molecule has 0 radical (unpaired) electrons. The lowest BCUT2D eigenvalue weighted by molar-refractivity contribution is -0.116. The molecule has 0 unspecified atom stereocenters. The predicted molar refractivity (Wildman–Crippen MR) is 83.3 cm³/mol. The Morgan fingerprint density at radius 1 is 1.43 bits per heavy atom. The third-order valence-corrected chi connectivity index (χ3v) is 3.71. The van der Waals surface area contributed by atoms with Crippen LogP contribution < -0.4 is 10.6 Å². The highest BCUT2D eigenvalue weighted by atomic mass is 19.1. The molecular formula is C16H16FN3O3. The van der Waals surface area contributed by atoms with E-state index in [1.807, 2.05) is 0 Å². The Balaban J connectivity index is 2.13. The first-order valence-corrected chi connectivity index (χ1v) is 7.29. The lowest BCUT2D eigenvalue weighted by Crippen LogP contribution is -2.24. The molecule has 2 amide bonds. The molecular weight excluding hydrogens is 301 g/mol. The summed E-state index contributed by atoms with van der Waals surface area (Å²) in [6.45, 7) is 0.380. The van der Waals surface area contributed by atoms with Crippen molar-refractivity contribution < 1.29 is 19.1 Å². The van der Waals surface area contributed by atoms with E-state index in [9.17, 15) is 14.0 Å². The number of rotatable bonds is 3. The van der Waals surface area contributed by atoms with Crippen LogP contribution in [0.25, 0.3) is 16.5 Å². The second-order valence-corrected chi connectivity index (χ2v) is 5.26. The molecule has 2 heterocycles. The first-order valence-electron chi connectivity index (χ1n) is 7.29. The van der Waals surface area contributed by atoms with E-state index in [1.54, 1.807) is 6.07 Å². The van der Waals surface area contributed by atoms with Crippen LogP contribution in [0.1, 0.15) is 22.5 Å². The minimum atomic E-state index is -0.409. The average molecular weight is 317 g/mol. The zero-order valence-corrected chi connectivity index (χ0v) is 12.3. The molecule has 6 nitrogen and oxygen atoms in total. The Hall–Kier alpha value is -2.67. The molecule has 7 heteroatoms. The van der Waals surface area contributed by atoms with E-state index in [0.717, 1.165) is 0 Å². The largest absolute Gasteiger partial charge is 0.395 e. The summed E-state index contributed by atoms with van der Waals surface area (Å²) >= 11 is 0. The first-order chi connectivity index (χ1) is 11.1. The van der Waals surface area contributed by atoms with Gasteiger partial charge in [-0.25, -0.2) is 4.39 Å². The minimum absolute atomic E-state index is 0.148. The van der Waals surface area contributed by atoms with Gasteiger partial charge in [-0.2, -0.15) is 0 Å². The van der Waals surface area contributed by atoms with Gasteiger partial charge in [-0.05, 0) is 30.2 Å². The van der Waals surface area contributed by atoms with Crippen molar-refractivity contribution in [2.45, 2.75) is 6.42 Å². The highest BCUT2D eigenvalue weighted by Gasteiger charge is 2.24. The van der Waals surface area contributed by atoms with Gasteiger partial charge in [0.15, 0.2) is 0 Å². The van der Waals surface area contributed by atoms with Crippen LogP contribution in [0.2, 0.25) is 0 Å². The van der Waals surface area contributed by atoms with E-state index in [1.165, 1.54) is 18.2 Å². The standard InChI is InChI=1S/C16H16FN3O3/c17-10-1-2-12-11(8-10)14-9(7-13(22)18-5-6-21)3-4-19-16(23)15(14)20-12/h1-2,7-8,20-21H,3-6H2,(H,18,22)(H,19,23)/b9-7+. The summed E-state index contributed by atoms with van der Waals surface area (Å²) in [7, 11) is 0. The van der Waals surface area contributed by atoms with Gasteiger partial charge in [-0.15, -0.1) is 0 Å². The number of aliphatic hydroxyl groups is 1. The third-order valence-electron chi connectivity index (χ3n) is 3.71. The minimum Gasteiger partial charge on any atom is -0.395 e. The van der Waals surface area contributed by atoms with Gasteiger partial charge >= 0.3 is 0 Å². The van der Waals surface area contributed by atoms with Gasteiger partial charge in [0.05, 0.1) is 6.61 Å². The third kappa shape index (κ3) is 2.95. The number of H-pyrrole nitrogens is 1. The molecule has 2 aromatic rings. The van der Waals surface area contributed by atoms with Gasteiger partial charge in [-0.1, -0.05) is 0 Å². The van der Waals surface area contributed by atoms with E-state index in [-0.39, 0.29) is 25.0 Å². The second kappa shape index (κ2) is 6.21. The molecule has 0 fully saturated rings. The van der Waals surface area contributed by atoms with Crippen molar-refractivity contribution in [1.29, 1.82) is 0 Å². The molecule has 0 aliphatic carbocycles. The number of aromatic nitrogens is 1. The van der Waals surface area contributed by atoms with Crippen molar-refractivity contribution in [3.63, 3.8) is 0 Å². The Labute approximate surface area is 131 Å². The number of nitrogens with one attached hydrogen (secondary N) is 3. The second-order valence-electron chi connectivity index (χ2n) is 5.26. The number of halogens is 1. The molecule has 1 aliphatic heterocycles. The summed E-state index contributed by atoms with van der Waals surface area (Å²) < 4.78 is 13.6.